The van der Waals surface area contributed by atoms with Gasteiger partial charge in [0.05, 0.1) is 24.8 Å². The number of carbonyl (C=O) groups excluding carboxylic acids is 3. The van der Waals surface area contributed by atoms with E-state index in [1.807, 2.05) is 49.4 Å². The molecule has 37 heavy (non-hydrogen) atoms. The number of esters is 1. The first-order valence-corrected chi connectivity index (χ1v) is 11.8. The summed E-state index contributed by atoms with van der Waals surface area (Å²) in [5.41, 5.74) is 4.56. The second-order valence-electron chi connectivity index (χ2n) is 8.66. The summed E-state index contributed by atoms with van der Waals surface area (Å²) in [5, 5.41) is 2.76. The van der Waals surface area contributed by atoms with Crippen LogP contribution in [0.4, 0.5) is 5.69 Å². The van der Waals surface area contributed by atoms with E-state index in [-0.39, 0.29) is 29.6 Å². The van der Waals surface area contributed by atoms with Crippen LogP contribution in [0.2, 0.25) is 0 Å². The molecule has 1 aliphatic rings. The highest BCUT2D eigenvalue weighted by atomic mass is 16.5. The fraction of sp³-hybridized carbons (Fsp3) is 0.167. The number of nitrogens with zero attached hydrogens (tertiary/aromatic N) is 1. The van der Waals surface area contributed by atoms with Crippen molar-refractivity contribution in [1.82, 2.24) is 4.90 Å². The summed E-state index contributed by atoms with van der Waals surface area (Å²) in [6.07, 6.45) is 1.67. The van der Waals surface area contributed by atoms with Crippen LogP contribution in [0.25, 0.3) is 6.08 Å². The van der Waals surface area contributed by atoms with Crippen LogP contribution in [0.15, 0.2) is 95.7 Å². The van der Waals surface area contributed by atoms with Crippen molar-refractivity contribution in [2.24, 2.45) is 0 Å². The highest BCUT2D eigenvalue weighted by Crippen LogP contribution is 2.33. The van der Waals surface area contributed by atoms with Gasteiger partial charge in [0, 0.05) is 11.4 Å². The molecule has 4 rings (SSSR count). The zero-order valence-corrected chi connectivity index (χ0v) is 21.0. The summed E-state index contributed by atoms with van der Waals surface area (Å²) in [6, 6.07) is 24.0. The zero-order chi connectivity index (χ0) is 26.4. The predicted octanol–water partition coefficient (Wildman–Crippen LogP) is 4.89. The number of allylic oxidation sites excluding steroid dienone is 1. The molecule has 0 unspecified atom stereocenters. The Kier molecular flexibility index (Phi) is 7.83. The van der Waals surface area contributed by atoms with Crippen molar-refractivity contribution >= 4 is 29.5 Å². The molecule has 0 saturated carbocycles. The number of amides is 2. The third kappa shape index (κ3) is 6.13. The number of methoxy groups -OCH3 is 1. The van der Waals surface area contributed by atoms with Crippen molar-refractivity contribution < 1.29 is 23.9 Å². The maximum absolute atomic E-state index is 13.4. The van der Waals surface area contributed by atoms with Crippen LogP contribution in [0.1, 0.15) is 23.6 Å². The molecule has 2 amide bonds. The molecule has 1 heterocycles. The molecule has 1 N–H and O–H groups in total. The minimum atomic E-state index is -0.562. The summed E-state index contributed by atoms with van der Waals surface area (Å²) in [4.78, 5) is 39.7. The Hall–Kier alpha value is -4.65. The number of carbonyl (C=O) groups is 3. The minimum absolute atomic E-state index is 0.143. The summed E-state index contributed by atoms with van der Waals surface area (Å²) in [7, 11) is 1.30. The van der Waals surface area contributed by atoms with Crippen molar-refractivity contribution in [2.45, 2.75) is 20.4 Å². The molecule has 3 aromatic rings. The molecule has 7 heteroatoms. The van der Waals surface area contributed by atoms with Gasteiger partial charge in [-0.2, -0.15) is 0 Å². The Balaban J connectivity index is 1.48. The third-order valence-corrected chi connectivity index (χ3v) is 5.98. The number of hydrogen-bond donors (Lipinski definition) is 1. The molecule has 3 aromatic carbocycles. The molecule has 0 atom stereocenters. The normalized spacial score (nSPS) is 14.2. The molecule has 7 nitrogen and oxygen atoms in total. The van der Waals surface area contributed by atoms with Crippen LogP contribution in [0, 0.1) is 6.92 Å². The number of aryl methyl sites for hydroxylation is 1. The van der Waals surface area contributed by atoms with Crippen molar-refractivity contribution in [3.8, 4) is 5.75 Å². The van der Waals surface area contributed by atoms with Crippen molar-refractivity contribution in [2.75, 3.05) is 19.0 Å². The average Bonchev–Trinajstić information content (AvgIpc) is 3.13. The first-order valence-electron chi connectivity index (χ1n) is 11.8. The second-order valence-corrected chi connectivity index (χ2v) is 8.66. The van der Waals surface area contributed by atoms with Crippen LogP contribution >= 0.6 is 0 Å². The van der Waals surface area contributed by atoms with Gasteiger partial charge in [-0.1, -0.05) is 60.2 Å². The molecule has 0 spiro atoms. The summed E-state index contributed by atoms with van der Waals surface area (Å²) in [5.74, 6) is -0.598. The SMILES string of the molecule is COC(=O)C1=C(C)N(Cc2ccc(C)cc2)C(=O)C1=Cc1ccc(OCC(=O)Nc2ccccc2)cc1. The van der Waals surface area contributed by atoms with Gasteiger partial charge in [0.1, 0.15) is 5.75 Å². The Bertz CT molecular complexity index is 1360. The van der Waals surface area contributed by atoms with Crippen LogP contribution in [0.3, 0.4) is 0 Å². The molecule has 0 fully saturated rings. The van der Waals surface area contributed by atoms with Gasteiger partial charge in [-0.25, -0.2) is 4.79 Å². The van der Waals surface area contributed by atoms with Gasteiger partial charge >= 0.3 is 5.97 Å². The molecule has 0 aliphatic carbocycles. The van der Waals surface area contributed by atoms with E-state index in [4.69, 9.17) is 9.47 Å². The van der Waals surface area contributed by atoms with E-state index in [9.17, 15) is 14.4 Å². The molecule has 0 saturated heterocycles. The monoisotopic (exact) mass is 496 g/mol. The maximum atomic E-state index is 13.4. The molecule has 188 valence electrons. The van der Waals surface area contributed by atoms with E-state index >= 15 is 0 Å². The molecular formula is C30H28N2O5. The Morgan fingerprint density at radius 3 is 2.24 bits per heavy atom. The van der Waals surface area contributed by atoms with Crippen molar-refractivity contribution in [1.29, 1.82) is 0 Å². The van der Waals surface area contributed by atoms with Crippen LogP contribution < -0.4 is 10.1 Å². The molecule has 0 radical (unpaired) electrons. The van der Waals surface area contributed by atoms with Gasteiger partial charge in [-0.05, 0) is 55.3 Å². The first kappa shape index (κ1) is 25.4. The topological polar surface area (TPSA) is 84.9 Å². The van der Waals surface area contributed by atoms with Gasteiger partial charge < -0.3 is 19.7 Å². The van der Waals surface area contributed by atoms with E-state index in [0.29, 0.717) is 29.2 Å². The minimum Gasteiger partial charge on any atom is -0.484 e. The van der Waals surface area contributed by atoms with Crippen LogP contribution in [-0.2, 0) is 25.7 Å². The Morgan fingerprint density at radius 2 is 1.59 bits per heavy atom. The molecule has 0 aromatic heterocycles. The van der Waals surface area contributed by atoms with Gasteiger partial charge in [0.25, 0.3) is 11.8 Å². The lowest BCUT2D eigenvalue weighted by Gasteiger charge is -2.18. The molecule has 0 bridgehead atoms. The summed E-state index contributed by atoms with van der Waals surface area (Å²) < 4.78 is 10.6. The van der Waals surface area contributed by atoms with Gasteiger partial charge in [-0.3, -0.25) is 9.59 Å². The zero-order valence-electron chi connectivity index (χ0n) is 21.0. The van der Waals surface area contributed by atoms with E-state index in [1.54, 1.807) is 54.3 Å². The van der Waals surface area contributed by atoms with Gasteiger partial charge in [-0.15, -0.1) is 0 Å². The maximum Gasteiger partial charge on any atom is 0.340 e. The number of ether oxygens (including phenoxy) is 2. The largest absolute Gasteiger partial charge is 0.484 e. The van der Waals surface area contributed by atoms with E-state index in [2.05, 4.69) is 5.32 Å². The number of benzene rings is 3. The number of anilines is 1. The Labute approximate surface area is 216 Å². The first-order chi connectivity index (χ1) is 17.9. The number of hydrogen-bond acceptors (Lipinski definition) is 5. The van der Waals surface area contributed by atoms with Crippen molar-refractivity contribution in [3.63, 3.8) is 0 Å². The van der Waals surface area contributed by atoms with E-state index < -0.39 is 5.97 Å². The molecule has 1 aliphatic heterocycles. The standard InChI is InChI=1S/C30H28N2O5/c1-20-9-11-23(12-10-20)18-32-21(2)28(30(35)36-3)26(29(32)34)17-22-13-15-25(16-14-22)37-19-27(33)31-24-7-5-4-6-8-24/h4-17H,18-19H2,1-3H3,(H,31,33). The number of nitrogens with one attached hydrogen (secondary N) is 1. The van der Waals surface area contributed by atoms with Crippen LogP contribution in [-0.4, -0.2) is 36.4 Å². The lowest BCUT2D eigenvalue weighted by molar-refractivity contribution is -0.136. The lowest BCUT2D eigenvalue weighted by Crippen LogP contribution is -2.24. The molecular weight excluding hydrogens is 468 g/mol. The lowest BCUT2D eigenvalue weighted by atomic mass is 10.0. The quantitative estimate of drug-likeness (QED) is 0.355. The fourth-order valence-corrected chi connectivity index (χ4v) is 3.99. The Morgan fingerprint density at radius 1 is 0.919 bits per heavy atom. The average molecular weight is 497 g/mol. The highest BCUT2D eigenvalue weighted by Gasteiger charge is 2.36. The number of para-hydroxylation sites is 1. The smallest absolute Gasteiger partial charge is 0.340 e. The van der Waals surface area contributed by atoms with E-state index in [1.165, 1.54) is 7.11 Å². The summed E-state index contributed by atoms with van der Waals surface area (Å²) >= 11 is 0. The third-order valence-electron chi connectivity index (χ3n) is 5.98. The summed E-state index contributed by atoms with van der Waals surface area (Å²) in [6.45, 7) is 3.95. The van der Waals surface area contributed by atoms with Crippen molar-refractivity contribution in [3.05, 3.63) is 112 Å². The van der Waals surface area contributed by atoms with Gasteiger partial charge in [0.15, 0.2) is 6.61 Å². The van der Waals surface area contributed by atoms with Crippen LogP contribution in [0.5, 0.6) is 5.75 Å². The highest BCUT2D eigenvalue weighted by molar-refractivity contribution is 6.16. The second kappa shape index (κ2) is 11.4. The predicted molar refractivity (Wildman–Crippen MR) is 141 cm³/mol. The fourth-order valence-electron chi connectivity index (χ4n) is 3.99. The number of rotatable bonds is 8. The van der Waals surface area contributed by atoms with Gasteiger partial charge in [0.2, 0.25) is 0 Å². The van der Waals surface area contributed by atoms with E-state index in [0.717, 1.165) is 11.1 Å².